The van der Waals surface area contributed by atoms with Gasteiger partial charge in [-0.15, -0.1) is 0 Å². The van der Waals surface area contributed by atoms with Crippen LogP contribution < -0.4 is 4.90 Å². The zero-order valence-electron chi connectivity index (χ0n) is 14.2. The maximum atomic E-state index is 13.7. The predicted octanol–water partition coefficient (Wildman–Crippen LogP) is 4.51. The first-order valence-corrected chi connectivity index (χ1v) is 9.97. The summed E-state index contributed by atoms with van der Waals surface area (Å²) >= 11 is 0. The van der Waals surface area contributed by atoms with Gasteiger partial charge in [-0.05, 0) is 36.8 Å². The zero-order chi connectivity index (χ0) is 17.4. The Kier molecular flexibility index (Phi) is 4.34. The summed E-state index contributed by atoms with van der Waals surface area (Å²) in [6, 6.07) is 16.1. The number of anilines is 1. The number of nitrogens with zero attached hydrogens (tertiary/aromatic N) is 1. The summed E-state index contributed by atoms with van der Waals surface area (Å²) in [5.74, 6) is 0.585. The molecule has 1 N–H and O–H groups in total. The zero-order valence-corrected chi connectivity index (χ0v) is 15.0. The van der Waals surface area contributed by atoms with E-state index in [0.717, 1.165) is 32.7 Å². The molecule has 130 valence electrons. The molecular weight excluding hydrogens is 335 g/mol. The van der Waals surface area contributed by atoms with E-state index >= 15 is 0 Å². The summed E-state index contributed by atoms with van der Waals surface area (Å²) in [6.45, 7) is 3.05. The molecule has 4 rings (SSSR count). The minimum absolute atomic E-state index is 0.420. The van der Waals surface area contributed by atoms with E-state index in [1.165, 1.54) is 0 Å². The molecule has 1 aromatic heterocycles. The molecule has 3 aromatic rings. The van der Waals surface area contributed by atoms with Crippen molar-refractivity contribution in [1.82, 2.24) is 4.98 Å². The lowest BCUT2D eigenvalue weighted by Crippen LogP contribution is -2.20. The second kappa shape index (κ2) is 6.64. The van der Waals surface area contributed by atoms with Crippen molar-refractivity contribution in [2.45, 2.75) is 24.4 Å². The number of hydrogen-bond donors (Lipinski definition) is 1. The van der Waals surface area contributed by atoms with Gasteiger partial charge in [-0.2, -0.15) is 0 Å². The molecule has 0 radical (unpaired) electrons. The van der Waals surface area contributed by atoms with Crippen molar-refractivity contribution >= 4 is 27.4 Å². The lowest BCUT2D eigenvalue weighted by atomic mass is 10.1. The van der Waals surface area contributed by atoms with Crippen molar-refractivity contribution in [3.63, 3.8) is 0 Å². The van der Waals surface area contributed by atoms with Crippen LogP contribution in [-0.4, -0.2) is 34.2 Å². The molecule has 1 saturated heterocycles. The van der Waals surface area contributed by atoms with Gasteiger partial charge in [-0.1, -0.05) is 25.1 Å². The maximum absolute atomic E-state index is 13.7. The Morgan fingerprint density at radius 3 is 2.80 bits per heavy atom. The van der Waals surface area contributed by atoms with E-state index in [0.29, 0.717) is 25.3 Å². The van der Waals surface area contributed by atoms with Gasteiger partial charge in [-0.25, -0.2) is 4.39 Å². The number of halogens is 1. The Bertz CT molecular complexity index is 903. The molecule has 5 heteroatoms. The van der Waals surface area contributed by atoms with Crippen LogP contribution in [0.15, 0.2) is 53.4 Å². The summed E-state index contributed by atoms with van der Waals surface area (Å²) in [6.07, 6.45) is -0.213. The van der Waals surface area contributed by atoms with Crippen molar-refractivity contribution in [2.24, 2.45) is 0 Å². The van der Waals surface area contributed by atoms with Crippen molar-refractivity contribution in [1.29, 1.82) is 0 Å². The fourth-order valence-electron chi connectivity index (χ4n) is 3.47. The molecule has 0 saturated carbocycles. The summed E-state index contributed by atoms with van der Waals surface area (Å²) in [4.78, 5) is 6.35. The van der Waals surface area contributed by atoms with E-state index in [1.54, 1.807) is 0 Å². The second-order valence-electron chi connectivity index (χ2n) is 6.42. The molecule has 0 amide bonds. The second-order valence-corrected chi connectivity index (χ2v) is 8.16. The number of hydrogen-bond acceptors (Lipinski definition) is 2. The van der Waals surface area contributed by atoms with Crippen molar-refractivity contribution in [2.75, 3.05) is 23.7 Å². The van der Waals surface area contributed by atoms with Crippen LogP contribution in [0.3, 0.4) is 0 Å². The summed E-state index contributed by atoms with van der Waals surface area (Å²) in [7, 11) is -1.02. The van der Waals surface area contributed by atoms with Crippen molar-refractivity contribution in [3.8, 4) is 11.3 Å². The molecule has 1 aliphatic heterocycles. The van der Waals surface area contributed by atoms with E-state index < -0.39 is 17.0 Å². The fraction of sp³-hybridized carbons (Fsp3) is 0.300. The topological polar surface area (TPSA) is 36.1 Å². The summed E-state index contributed by atoms with van der Waals surface area (Å²) in [5, 5.41) is 1.13. The molecule has 1 unspecified atom stereocenters. The van der Waals surface area contributed by atoms with Gasteiger partial charge >= 0.3 is 0 Å². The van der Waals surface area contributed by atoms with Crippen LogP contribution >= 0.6 is 0 Å². The number of aromatic nitrogens is 1. The Morgan fingerprint density at radius 2 is 2.08 bits per heavy atom. The average molecular weight is 356 g/mol. The predicted molar refractivity (Wildman–Crippen MR) is 102 cm³/mol. The van der Waals surface area contributed by atoms with Gasteiger partial charge < -0.3 is 9.88 Å². The van der Waals surface area contributed by atoms with E-state index in [4.69, 9.17) is 0 Å². The van der Waals surface area contributed by atoms with Crippen LogP contribution in [0.2, 0.25) is 0 Å². The lowest BCUT2D eigenvalue weighted by Gasteiger charge is -2.21. The fourth-order valence-corrected chi connectivity index (χ4v) is 4.27. The third-order valence-electron chi connectivity index (χ3n) is 4.78. The van der Waals surface area contributed by atoms with Crippen LogP contribution in [0, 0.1) is 0 Å². The number of fused-ring (bicyclic) bond motifs is 1. The highest BCUT2D eigenvalue weighted by atomic mass is 32.2. The number of alkyl halides is 1. The highest BCUT2D eigenvalue weighted by Crippen LogP contribution is 2.36. The molecule has 3 nitrogen and oxygen atoms in total. The van der Waals surface area contributed by atoms with Gasteiger partial charge in [0.05, 0.1) is 10.8 Å². The normalized spacial score (nSPS) is 18.8. The van der Waals surface area contributed by atoms with Gasteiger partial charge in [0, 0.05) is 51.6 Å². The molecule has 2 aromatic carbocycles. The molecule has 2 heterocycles. The Morgan fingerprint density at radius 1 is 1.24 bits per heavy atom. The van der Waals surface area contributed by atoms with Crippen LogP contribution in [-0.2, 0) is 10.8 Å². The summed E-state index contributed by atoms with van der Waals surface area (Å²) in [5.41, 5.74) is 4.04. The van der Waals surface area contributed by atoms with Gasteiger partial charge in [0.25, 0.3) is 0 Å². The van der Waals surface area contributed by atoms with Crippen LogP contribution in [0.5, 0.6) is 0 Å². The Hall–Kier alpha value is -2.14. The lowest BCUT2D eigenvalue weighted by molar-refractivity contribution is 0.364. The minimum atomic E-state index is -1.02. The van der Waals surface area contributed by atoms with E-state index in [2.05, 4.69) is 22.0 Å². The van der Waals surface area contributed by atoms with Gasteiger partial charge in [0.1, 0.15) is 6.17 Å². The first-order valence-electron chi connectivity index (χ1n) is 8.65. The molecule has 0 bridgehead atoms. The van der Waals surface area contributed by atoms with E-state index in [9.17, 15) is 8.60 Å². The van der Waals surface area contributed by atoms with Gasteiger partial charge in [0.15, 0.2) is 0 Å². The van der Waals surface area contributed by atoms with Crippen molar-refractivity contribution < 1.29 is 8.60 Å². The highest BCUT2D eigenvalue weighted by Gasteiger charge is 2.25. The monoisotopic (exact) mass is 356 g/mol. The molecule has 0 spiro atoms. The minimum Gasteiger partial charge on any atom is -0.368 e. The molecule has 1 aliphatic rings. The number of rotatable bonds is 4. The molecule has 2 atom stereocenters. The van der Waals surface area contributed by atoms with Gasteiger partial charge in [0.2, 0.25) is 0 Å². The molecule has 0 aliphatic carbocycles. The van der Waals surface area contributed by atoms with Crippen LogP contribution in [0.25, 0.3) is 22.2 Å². The first kappa shape index (κ1) is 16.3. The van der Waals surface area contributed by atoms with Gasteiger partial charge in [-0.3, -0.25) is 4.21 Å². The average Bonchev–Trinajstić information content (AvgIpc) is 3.26. The smallest absolute Gasteiger partial charge is 0.119 e. The number of para-hydroxylation sites is 1. The Balaban J connectivity index is 1.85. The highest BCUT2D eigenvalue weighted by molar-refractivity contribution is 7.85. The quantitative estimate of drug-likeness (QED) is 0.747. The van der Waals surface area contributed by atoms with Crippen molar-refractivity contribution in [3.05, 3.63) is 48.5 Å². The largest absolute Gasteiger partial charge is 0.368 e. The number of H-pyrrole nitrogens is 1. The maximum Gasteiger partial charge on any atom is 0.119 e. The Labute approximate surface area is 149 Å². The number of nitrogens with one attached hydrogen (secondary N) is 1. The SMILES string of the molecule is CC[S@](=O)c1ccc(N2CCC(F)C2)c(-c2cc3ccccc3[nH]2)c1. The molecule has 25 heavy (non-hydrogen) atoms. The van der Waals surface area contributed by atoms with E-state index in [-0.39, 0.29) is 0 Å². The molecular formula is C20H21FN2OS. The molecule has 1 fully saturated rings. The van der Waals surface area contributed by atoms with Crippen LogP contribution in [0.4, 0.5) is 10.1 Å². The van der Waals surface area contributed by atoms with E-state index in [1.807, 2.05) is 43.3 Å². The number of aromatic amines is 1. The first-order chi connectivity index (χ1) is 12.2. The third-order valence-corrected chi connectivity index (χ3v) is 6.09. The van der Waals surface area contributed by atoms with Crippen LogP contribution in [0.1, 0.15) is 13.3 Å². The number of benzene rings is 2. The standard InChI is InChI=1S/C20H21FN2OS/c1-2-25(24)16-7-8-20(23-10-9-15(21)13-23)17(12-16)19-11-14-5-3-4-6-18(14)22-19/h3-8,11-12,15,22H,2,9-10,13H2,1H3/t15?,25-/m0/s1. The third kappa shape index (κ3) is 3.09. The summed E-state index contributed by atoms with van der Waals surface area (Å²) < 4.78 is 26.0.